The lowest BCUT2D eigenvalue weighted by atomic mass is 9.88. The highest BCUT2D eigenvalue weighted by Crippen LogP contribution is 2.23. The predicted molar refractivity (Wildman–Crippen MR) is 70.3 cm³/mol. The lowest BCUT2D eigenvalue weighted by molar-refractivity contribution is -0.700. The number of pyridine rings is 1. The summed E-state index contributed by atoms with van der Waals surface area (Å²) in [6.45, 7) is 11.1. The number of aryl methyl sites for hydroxylation is 1. The van der Waals surface area contributed by atoms with E-state index in [9.17, 15) is 0 Å². The number of hydrogen-bond donors (Lipinski definition) is 0. The second-order valence-corrected chi connectivity index (χ2v) is 6.16. The monoisotopic (exact) mass is 250 g/mol. The number of aromatic nitrogens is 1. The quantitative estimate of drug-likeness (QED) is 0.769. The third-order valence-corrected chi connectivity index (χ3v) is 3.48. The minimum Gasteiger partial charge on any atom is -0.348 e. The molecule has 1 saturated heterocycles. The Bertz CT molecular complexity index is 386. The van der Waals surface area contributed by atoms with E-state index in [1.54, 1.807) is 0 Å². The highest BCUT2D eigenvalue weighted by molar-refractivity contribution is 5.17. The van der Waals surface area contributed by atoms with Crippen LogP contribution in [-0.4, -0.2) is 19.0 Å². The fraction of sp³-hybridized carbons (Fsp3) is 0.667. The van der Waals surface area contributed by atoms with Gasteiger partial charge < -0.3 is 9.47 Å². The van der Waals surface area contributed by atoms with Gasteiger partial charge in [-0.15, -0.1) is 0 Å². The predicted octanol–water partition coefficient (Wildman–Crippen LogP) is 2.42. The lowest BCUT2D eigenvalue weighted by Crippen LogP contribution is -2.38. The van der Waals surface area contributed by atoms with Crippen molar-refractivity contribution >= 4 is 0 Å². The fourth-order valence-corrected chi connectivity index (χ4v) is 2.14. The van der Waals surface area contributed by atoms with Crippen LogP contribution in [-0.2, 0) is 21.4 Å². The fourth-order valence-electron chi connectivity index (χ4n) is 2.14. The SMILES string of the molecule is CC1(CC[n+]2ccc(C(C)(C)C)cc2)OCCO1. The van der Waals surface area contributed by atoms with E-state index in [0.29, 0.717) is 13.2 Å². The molecular formula is C15H24NO2+. The highest BCUT2D eigenvalue weighted by Gasteiger charge is 2.31. The van der Waals surface area contributed by atoms with Crippen LogP contribution >= 0.6 is 0 Å². The van der Waals surface area contributed by atoms with Crippen LogP contribution in [0.4, 0.5) is 0 Å². The largest absolute Gasteiger partial charge is 0.348 e. The molecule has 0 unspecified atom stereocenters. The Balaban J connectivity index is 1.94. The molecule has 1 fully saturated rings. The van der Waals surface area contributed by atoms with Gasteiger partial charge in [0.2, 0.25) is 0 Å². The van der Waals surface area contributed by atoms with Crippen LogP contribution in [0.15, 0.2) is 24.5 Å². The van der Waals surface area contributed by atoms with E-state index in [1.807, 2.05) is 6.92 Å². The minimum atomic E-state index is -0.393. The molecule has 2 heterocycles. The van der Waals surface area contributed by atoms with Gasteiger partial charge in [0.1, 0.15) is 0 Å². The Morgan fingerprint density at radius 2 is 1.72 bits per heavy atom. The third-order valence-electron chi connectivity index (χ3n) is 3.48. The van der Waals surface area contributed by atoms with E-state index in [1.165, 1.54) is 5.56 Å². The van der Waals surface area contributed by atoms with E-state index in [2.05, 4.69) is 49.9 Å². The van der Waals surface area contributed by atoms with Gasteiger partial charge in [-0.05, 0) is 17.9 Å². The lowest BCUT2D eigenvalue weighted by Gasteiger charge is -2.20. The topological polar surface area (TPSA) is 22.3 Å². The second kappa shape index (κ2) is 4.98. The molecular weight excluding hydrogens is 226 g/mol. The Hall–Kier alpha value is -0.930. The van der Waals surface area contributed by atoms with Crippen molar-refractivity contribution in [3.63, 3.8) is 0 Å². The molecule has 0 N–H and O–H groups in total. The molecule has 1 aromatic heterocycles. The summed E-state index contributed by atoms with van der Waals surface area (Å²) < 4.78 is 13.4. The molecule has 18 heavy (non-hydrogen) atoms. The Morgan fingerprint density at radius 3 is 2.22 bits per heavy atom. The van der Waals surface area contributed by atoms with Crippen molar-refractivity contribution in [3.8, 4) is 0 Å². The van der Waals surface area contributed by atoms with Crippen molar-refractivity contribution in [2.45, 2.75) is 51.9 Å². The first-order valence-corrected chi connectivity index (χ1v) is 6.67. The third kappa shape index (κ3) is 3.30. The molecule has 3 nitrogen and oxygen atoms in total. The first-order valence-electron chi connectivity index (χ1n) is 6.67. The molecule has 0 spiro atoms. The normalized spacial score (nSPS) is 19.1. The van der Waals surface area contributed by atoms with Gasteiger partial charge in [0.05, 0.1) is 19.6 Å². The van der Waals surface area contributed by atoms with Crippen LogP contribution in [0.1, 0.15) is 39.7 Å². The molecule has 1 aliphatic heterocycles. The molecule has 0 saturated carbocycles. The molecule has 0 amide bonds. The number of hydrogen-bond acceptors (Lipinski definition) is 2. The van der Waals surface area contributed by atoms with Gasteiger partial charge in [0.25, 0.3) is 0 Å². The van der Waals surface area contributed by atoms with Crippen LogP contribution in [0, 0.1) is 0 Å². The zero-order chi connectivity index (χ0) is 13.2. The van der Waals surface area contributed by atoms with Crippen molar-refractivity contribution < 1.29 is 14.0 Å². The van der Waals surface area contributed by atoms with Crippen LogP contribution in [0.2, 0.25) is 0 Å². The zero-order valence-electron chi connectivity index (χ0n) is 11.9. The van der Waals surface area contributed by atoms with Crippen molar-refractivity contribution in [1.82, 2.24) is 0 Å². The molecule has 2 rings (SSSR count). The van der Waals surface area contributed by atoms with Crippen LogP contribution in [0.5, 0.6) is 0 Å². The van der Waals surface area contributed by atoms with Crippen LogP contribution in [0.3, 0.4) is 0 Å². The van der Waals surface area contributed by atoms with Crippen molar-refractivity contribution in [2.75, 3.05) is 13.2 Å². The molecule has 0 aliphatic carbocycles. The summed E-state index contributed by atoms with van der Waals surface area (Å²) in [5.74, 6) is -0.393. The van der Waals surface area contributed by atoms with E-state index in [4.69, 9.17) is 9.47 Å². The van der Waals surface area contributed by atoms with Gasteiger partial charge in [0.15, 0.2) is 24.7 Å². The standard InChI is InChI=1S/C15H24NO2/c1-14(2,3)13-5-8-16(9-6-13)10-7-15(4)17-11-12-18-15/h5-6,8-9H,7,10-12H2,1-4H3/q+1. The average molecular weight is 250 g/mol. The molecule has 0 aromatic carbocycles. The molecule has 0 atom stereocenters. The molecule has 3 heteroatoms. The Kier molecular flexibility index (Phi) is 3.74. The van der Waals surface area contributed by atoms with Gasteiger partial charge in [-0.2, -0.15) is 0 Å². The number of rotatable bonds is 3. The van der Waals surface area contributed by atoms with Crippen molar-refractivity contribution in [3.05, 3.63) is 30.1 Å². The van der Waals surface area contributed by atoms with Crippen molar-refractivity contribution in [1.29, 1.82) is 0 Å². The Morgan fingerprint density at radius 1 is 1.17 bits per heavy atom. The van der Waals surface area contributed by atoms with Gasteiger partial charge in [-0.1, -0.05) is 20.8 Å². The molecule has 1 aromatic rings. The molecule has 0 radical (unpaired) electrons. The first-order chi connectivity index (χ1) is 8.39. The smallest absolute Gasteiger partial charge is 0.171 e. The highest BCUT2D eigenvalue weighted by atomic mass is 16.7. The summed E-state index contributed by atoms with van der Waals surface area (Å²) in [5.41, 5.74) is 1.57. The van der Waals surface area contributed by atoms with E-state index >= 15 is 0 Å². The van der Waals surface area contributed by atoms with Crippen molar-refractivity contribution in [2.24, 2.45) is 0 Å². The van der Waals surface area contributed by atoms with E-state index in [0.717, 1.165) is 13.0 Å². The van der Waals surface area contributed by atoms with E-state index in [-0.39, 0.29) is 5.41 Å². The summed E-state index contributed by atoms with van der Waals surface area (Å²) in [4.78, 5) is 0. The first kappa shape index (κ1) is 13.5. The van der Waals surface area contributed by atoms with Crippen LogP contribution < -0.4 is 4.57 Å². The second-order valence-electron chi connectivity index (χ2n) is 6.16. The van der Waals surface area contributed by atoms with Gasteiger partial charge >= 0.3 is 0 Å². The maximum Gasteiger partial charge on any atom is 0.171 e. The molecule has 100 valence electrons. The van der Waals surface area contributed by atoms with E-state index < -0.39 is 5.79 Å². The number of nitrogens with zero attached hydrogens (tertiary/aromatic N) is 1. The zero-order valence-corrected chi connectivity index (χ0v) is 11.9. The minimum absolute atomic E-state index is 0.211. The summed E-state index contributed by atoms with van der Waals surface area (Å²) in [5, 5.41) is 0. The van der Waals surface area contributed by atoms with Crippen LogP contribution in [0.25, 0.3) is 0 Å². The summed E-state index contributed by atoms with van der Waals surface area (Å²) in [6.07, 6.45) is 5.16. The molecule has 1 aliphatic rings. The molecule has 0 bridgehead atoms. The summed E-state index contributed by atoms with van der Waals surface area (Å²) in [7, 11) is 0. The summed E-state index contributed by atoms with van der Waals surface area (Å²) in [6, 6.07) is 4.39. The van der Waals surface area contributed by atoms with Gasteiger partial charge in [-0.3, -0.25) is 0 Å². The van der Waals surface area contributed by atoms with Gasteiger partial charge in [0, 0.05) is 12.1 Å². The Labute approximate surface area is 110 Å². The average Bonchev–Trinajstić information content (AvgIpc) is 2.74. The summed E-state index contributed by atoms with van der Waals surface area (Å²) >= 11 is 0. The maximum absolute atomic E-state index is 5.60. The van der Waals surface area contributed by atoms with Gasteiger partial charge in [-0.25, -0.2) is 4.57 Å². The number of ether oxygens (including phenoxy) is 2. The maximum atomic E-state index is 5.60.